The molecule has 0 heterocycles. The lowest BCUT2D eigenvalue weighted by atomic mass is 9.79. The van der Waals surface area contributed by atoms with Crippen LogP contribution in [0.2, 0.25) is 0 Å². The molecule has 4 saturated carbocycles. The van der Waals surface area contributed by atoms with Gasteiger partial charge in [0.1, 0.15) is 0 Å². The van der Waals surface area contributed by atoms with Gasteiger partial charge in [-0.3, -0.25) is 0 Å². The monoisotopic (exact) mass is 281 g/mol. The van der Waals surface area contributed by atoms with Gasteiger partial charge in [-0.25, -0.2) is 0 Å². The number of hydrogen-bond acceptors (Lipinski definition) is 1. The van der Waals surface area contributed by atoms with Crippen molar-refractivity contribution >= 4 is 0 Å². The third kappa shape index (κ3) is 1.79. The minimum Gasteiger partial charge on any atom is -0.313 e. The Morgan fingerprint density at radius 3 is 2.14 bits per heavy atom. The van der Waals surface area contributed by atoms with Gasteiger partial charge in [-0.2, -0.15) is 0 Å². The summed E-state index contributed by atoms with van der Waals surface area (Å²) in [4.78, 5) is 0. The number of nitrogens with one attached hydrogen (secondary N) is 1. The Bertz CT molecular complexity index is 513. The Hall–Kier alpha value is -0.820. The van der Waals surface area contributed by atoms with Crippen molar-refractivity contribution in [3.63, 3.8) is 0 Å². The Labute approximate surface area is 128 Å². The highest BCUT2D eigenvalue weighted by Crippen LogP contribution is 2.72. The van der Waals surface area contributed by atoms with Gasteiger partial charge < -0.3 is 5.32 Å². The second kappa shape index (κ2) is 4.59. The first-order valence-corrected chi connectivity index (χ1v) is 9.14. The third-order valence-electron chi connectivity index (χ3n) is 7.36. The fourth-order valence-corrected chi connectivity index (χ4v) is 6.14. The van der Waals surface area contributed by atoms with Crippen LogP contribution in [0.5, 0.6) is 0 Å². The lowest BCUT2D eigenvalue weighted by molar-refractivity contribution is 0.385. The average molecular weight is 281 g/mol. The molecule has 21 heavy (non-hydrogen) atoms. The fourth-order valence-electron chi connectivity index (χ4n) is 6.14. The highest BCUT2D eigenvalue weighted by Gasteiger charge is 2.66. The van der Waals surface area contributed by atoms with Crippen molar-refractivity contribution in [2.75, 3.05) is 7.05 Å². The molecule has 0 saturated heterocycles. The molecule has 4 fully saturated rings. The standard InChI is InChI=1S/C20H27N/c1-21-20(19-17-15-9-10-16(11-15)18(17)19)14-7-5-13(6-8-14)12-3-2-4-12/h5-8,12,15-21H,2-4,9-11H2,1H3. The van der Waals surface area contributed by atoms with E-state index in [1.165, 1.54) is 32.1 Å². The molecule has 0 aliphatic heterocycles. The molecule has 112 valence electrons. The summed E-state index contributed by atoms with van der Waals surface area (Å²) in [6.45, 7) is 0. The molecule has 1 N–H and O–H groups in total. The van der Waals surface area contributed by atoms with Crippen LogP contribution >= 0.6 is 0 Å². The van der Waals surface area contributed by atoms with Crippen molar-refractivity contribution in [1.29, 1.82) is 0 Å². The Morgan fingerprint density at radius 1 is 0.952 bits per heavy atom. The molecular formula is C20H27N. The van der Waals surface area contributed by atoms with Gasteiger partial charge in [-0.05, 0) is 85.8 Å². The lowest BCUT2D eigenvalue weighted by Gasteiger charge is -2.27. The predicted octanol–water partition coefficient (Wildman–Crippen LogP) is 4.51. The molecule has 0 radical (unpaired) electrons. The van der Waals surface area contributed by atoms with E-state index in [0.717, 1.165) is 35.5 Å². The summed E-state index contributed by atoms with van der Waals surface area (Å²) in [5.41, 5.74) is 3.12. The molecule has 1 heteroatoms. The van der Waals surface area contributed by atoms with Crippen LogP contribution in [0.4, 0.5) is 0 Å². The van der Waals surface area contributed by atoms with Crippen LogP contribution in [0.1, 0.15) is 61.6 Å². The first-order valence-electron chi connectivity index (χ1n) is 9.14. The molecule has 5 atom stereocenters. The van der Waals surface area contributed by atoms with Crippen LogP contribution in [-0.4, -0.2) is 7.05 Å². The molecule has 1 aromatic rings. The zero-order chi connectivity index (χ0) is 14.0. The topological polar surface area (TPSA) is 12.0 Å². The van der Waals surface area contributed by atoms with E-state index in [1.54, 1.807) is 17.5 Å². The number of hydrogen-bond donors (Lipinski definition) is 1. The maximum atomic E-state index is 3.65. The minimum atomic E-state index is 0.610. The Morgan fingerprint density at radius 2 is 1.62 bits per heavy atom. The van der Waals surface area contributed by atoms with Gasteiger partial charge in [0.2, 0.25) is 0 Å². The van der Waals surface area contributed by atoms with E-state index < -0.39 is 0 Å². The SMILES string of the molecule is CNC(c1ccc(C2CCC2)cc1)C1C2C3CCC(C3)C21. The molecule has 5 rings (SSSR count). The molecule has 0 spiro atoms. The first-order chi connectivity index (χ1) is 10.4. The van der Waals surface area contributed by atoms with Gasteiger partial charge in [0.25, 0.3) is 0 Å². The summed E-state index contributed by atoms with van der Waals surface area (Å²) < 4.78 is 0. The van der Waals surface area contributed by atoms with Crippen molar-refractivity contribution in [3.05, 3.63) is 35.4 Å². The Balaban J connectivity index is 1.36. The smallest absolute Gasteiger partial charge is 0.0351 e. The van der Waals surface area contributed by atoms with E-state index in [2.05, 4.69) is 36.6 Å². The van der Waals surface area contributed by atoms with E-state index in [0.29, 0.717) is 6.04 Å². The maximum absolute atomic E-state index is 3.65. The van der Waals surface area contributed by atoms with Crippen molar-refractivity contribution in [2.45, 2.75) is 50.5 Å². The molecule has 4 aliphatic rings. The minimum absolute atomic E-state index is 0.610. The average Bonchev–Trinajstić information content (AvgIpc) is 2.88. The molecule has 4 aliphatic carbocycles. The van der Waals surface area contributed by atoms with Gasteiger partial charge >= 0.3 is 0 Å². The molecule has 2 bridgehead atoms. The molecule has 0 aromatic heterocycles. The van der Waals surface area contributed by atoms with E-state index in [4.69, 9.17) is 0 Å². The van der Waals surface area contributed by atoms with Crippen molar-refractivity contribution in [2.24, 2.45) is 29.6 Å². The molecule has 0 amide bonds. The summed E-state index contributed by atoms with van der Waals surface area (Å²) in [5.74, 6) is 6.09. The third-order valence-corrected chi connectivity index (χ3v) is 7.36. The number of fused-ring (bicyclic) bond motifs is 5. The fraction of sp³-hybridized carbons (Fsp3) is 0.700. The zero-order valence-electron chi connectivity index (χ0n) is 13.1. The Kier molecular flexibility index (Phi) is 2.77. The van der Waals surface area contributed by atoms with Crippen LogP contribution in [0.25, 0.3) is 0 Å². The number of benzene rings is 1. The van der Waals surface area contributed by atoms with Gasteiger partial charge in [0.15, 0.2) is 0 Å². The summed E-state index contributed by atoms with van der Waals surface area (Å²) in [6.07, 6.45) is 8.86. The van der Waals surface area contributed by atoms with E-state index in [1.807, 2.05) is 0 Å². The highest BCUT2D eigenvalue weighted by atomic mass is 14.9. The first kappa shape index (κ1) is 12.7. The van der Waals surface area contributed by atoms with Gasteiger partial charge in [0, 0.05) is 6.04 Å². The van der Waals surface area contributed by atoms with E-state index >= 15 is 0 Å². The van der Waals surface area contributed by atoms with Gasteiger partial charge in [0.05, 0.1) is 0 Å². The van der Waals surface area contributed by atoms with Crippen LogP contribution in [0, 0.1) is 29.6 Å². The van der Waals surface area contributed by atoms with Crippen LogP contribution < -0.4 is 5.32 Å². The summed E-state index contributed by atoms with van der Waals surface area (Å²) in [6, 6.07) is 10.3. The van der Waals surface area contributed by atoms with E-state index in [9.17, 15) is 0 Å². The van der Waals surface area contributed by atoms with Gasteiger partial charge in [-0.1, -0.05) is 30.7 Å². The van der Waals surface area contributed by atoms with Crippen LogP contribution in [-0.2, 0) is 0 Å². The van der Waals surface area contributed by atoms with Crippen molar-refractivity contribution < 1.29 is 0 Å². The molecular weight excluding hydrogens is 254 g/mol. The quantitative estimate of drug-likeness (QED) is 0.856. The largest absolute Gasteiger partial charge is 0.313 e. The predicted molar refractivity (Wildman–Crippen MR) is 86.1 cm³/mol. The number of rotatable bonds is 4. The summed E-state index contributed by atoms with van der Waals surface area (Å²) >= 11 is 0. The van der Waals surface area contributed by atoms with Gasteiger partial charge in [-0.15, -0.1) is 0 Å². The highest BCUT2D eigenvalue weighted by molar-refractivity contribution is 5.31. The molecule has 1 aromatic carbocycles. The van der Waals surface area contributed by atoms with Crippen molar-refractivity contribution in [1.82, 2.24) is 5.32 Å². The second-order valence-electron chi connectivity index (χ2n) is 8.13. The normalized spacial score (nSPS) is 41.7. The van der Waals surface area contributed by atoms with Crippen molar-refractivity contribution in [3.8, 4) is 0 Å². The lowest BCUT2D eigenvalue weighted by Crippen LogP contribution is -2.22. The maximum Gasteiger partial charge on any atom is 0.0351 e. The molecule has 1 nitrogen and oxygen atoms in total. The second-order valence-corrected chi connectivity index (χ2v) is 8.13. The van der Waals surface area contributed by atoms with Crippen LogP contribution in [0.15, 0.2) is 24.3 Å². The zero-order valence-corrected chi connectivity index (χ0v) is 13.1. The summed E-state index contributed by atoms with van der Waals surface area (Å²) in [5, 5.41) is 3.65. The van der Waals surface area contributed by atoms with E-state index in [-0.39, 0.29) is 0 Å². The molecule has 5 unspecified atom stereocenters. The van der Waals surface area contributed by atoms with Crippen LogP contribution in [0.3, 0.4) is 0 Å². The summed E-state index contributed by atoms with van der Waals surface area (Å²) in [7, 11) is 2.17.